The minimum atomic E-state index is -0.422. The van der Waals surface area contributed by atoms with Crippen LogP contribution in [0.15, 0.2) is 24.3 Å². The van der Waals surface area contributed by atoms with Gasteiger partial charge in [0.05, 0.1) is 6.10 Å². The number of ether oxygens (including phenoxy) is 1. The minimum absolute atomic E-state index is 0. The van der Waals surface area contributed by atoms with Crippen molar-refractivity contribution in [2.45, 2.75) is 39.7 Å². The fourth-order valence-electron chi connectivity index (χ4n) is 2.14. The maximum Gasteiger partial charge on any atom is 0.125 e. The van der Waals surface area contributed by atoms with Gasteiger partial charge >= 0.3 is 0 Å². The van der Waals surface area contributed by atoms with Gasteiger partial charge in [0.15, 0.2) is 0 Å². The van der Waals surface area contributed by atoms with E-state index in [0.29, 0.717) is 6.61 Å². The highest BCUT2D eigenvalue weighted by atomic mass is 35.5. The first-order valence-electron chi connectivity index (χ1n) is 7.35. The lowest BCUT2D eigenvalue weighted by atomic mass is 10.0. The normalized spacial score (nSPS) is 12.1. The number of benzene rings is 1. The Morgan fingerprint density at radius 3 is 2.40 bits per heavy atom. The van der Waals surface area contributed by atoms with Crippen molar-refractivity contribution in [3.05, 3.63) is 29.8 Å². The second-order valence-corrected chi connectivity index (χ2v) is 4.72. The molecule has 0 saturated heterocycles. The number of aliphatic hydroxyl groups excluding tert-OH is 1. The molecule has 0 aromatic heterocycles. The van der Waals surface area contributed by atoms with Gasteiger partial charge in [-0.25, -0.2) is 0 Å². The zero-order valence-electron chi connectivity index (χ0n) is 12.8. The lowest BCUT2D eigenvalue weighted by Gasteiger charge is -2.20. The summed E-state index contributed by atoms with van der Waals surface area (Å²) < 4.78 is 5.84. The Morgan fingerprint density at radius 1 is 1.15 bits per heavy atom. The van der Waals surface area contributed by atoms with Crippen molar-refractivity contribution in [3.8, 4) is 5.75 Å². The summed E-state index contributed by atoms with van der Waals surface area (Å²) in [6.07, 6.45) is 1.32. The molecule has 0 saturated carbocycles. The van der Waals surface area contributed by atoms with Crippen LogP contribution in [0.4, 0.5) is 0 Å². The molecule has 1 rings (SSSR count). The average Bonchev–Trinajstić information content (AvgIpc) is 2.44. The summed E-state index contributed by atoms with van der Waals surface area (Å²) in [6.45, 7) is 10.1. The van der Waals surface area contributed by atoms with E-state index in [1.165, 1.54) is 0 Å². The Bertz CT molecular complexity index is 356. The number of hydrogen-bond donors (Lipinski definition) is 1. The number of rotatable bonds is 9. The predicted octanol–water partition coefficient (Wildman–Crippen LogP) is 3.66. The number of likely N-dealkylation sites (N-methyl/N-ethyl adjacent to an activating group) is 1. The maximum atomic E-state index is 10.1. The summed E-state index contributed by atoms with van der Waals surface area (Å²) in [7, 11) is 0. The van der Waals surface area contributed by atoms with Crippen molar-refractivity contribution in [1.82, 2.24) is 4.90 Å². The van der Waals surface area contributed by atoms with E-state index < -0.39 is 6.10 Å². The summed E-state index contributed by atoms with van der Waals surface area (Å²) >= 11 is 0. The standard InChI is InChI=1S/C16H27NO2.ClH/c1-4-9-15(18)14-10-7-8-11-16(14)19-13-12-17(5-2)6-3;/h7-8,10-11,15,18H,4-6,9,12-13H2,1-3H3;1H. The number of aliphatic hydroxyl groups is 1. The highest BCUT2D eigenvalue weighted by molar-refractivity contribution is 5.85. The molecular weight excluding hydrogens is 274 g/mol. The van der Waals surface area contributed by atoms with Crippen LogP contribution >= 0.6 is 12.4 Å². The van der Waals surface area contributed by atoms with Crippen LogP contribution in [-0.4, -0.2) is 36.2 Å². The van der Waals surface area contributed by atoms with Crippen LogP contribution in [0.5, 0.6) is 5.75 Å². The quantitative estimate of drug-likeness (QED) is 0.755. The van der Waals surface area contributed by atoms with Crippen LogP contribution in [0.2, 0.25) is 0 Å². The second kappa shape index (κ2) is 11.0. The van der Waals surface area contributed by atoms with Gasteiger partial charge in [-0.15, -0.1) is 12.4 Å². The number of para-hydroxylation sites is 1. The molecule has 20 heavy (non-hydrogen) atoms. The zero-order valence-corrected chi connectivity index (χ0v) is 13.7. The van der Waals surface area contributed by atoms with E-state index in [-0.39, 0.29) is 12.4 Å². The smallest absolute Gasteiger partial charge is 0.125 e. The van der Waals surface area contributed by atoms with E-state index in [2.05, 4.69) is 25.7 Å². The third kappa shape index (κ3) is 6.12. The van der Waals surface area contributed by atoms with Crippen LogP contribution in [0, 0.1) is 0 Å². The molecule has 1 N–H and O–H groups in total. The minimum Gasteiger partial charge on any atom is -0.492 e. The lowest BCUT2D eigenvalue weighted by Crippen LogP contribution is -2.28. The van der Waals surface area contributed by atoms with Crippen LogP contribution in [0.3, 0.4) is 0 Å². The zero-order chi connectivity index (χ0) is 14.1. The molecule has 0 aliphatic rings. The van der Waals surface area contributed by atoms with E-state index in [1.54, 1.807) is 0 Å². The molecule has 0 amide bonds. The monoisotopic (exact) mass is 301 g/mol. The van der Waals surface area contributed by atoms with Crippen LogP contribution in [0.1, 0.15) is 45.3 Å². The second-order valence-electron chi connectivity index (χ2n) is 4.72. The third-order valence-corrected chi connectivity index (χ3v) is 3.40. The van der Waals surface area contributed by atoms with Crippen LogP contribution < -0.4 is 4.74 Å². The highest BCUT2D eigenvalue weighted by Crippen LogP contribution is 2.27. The topological polar surface area (TPSA) is 32.7 Å². The number of nitrogens with zero attached hydrogens (tertiary/aromatic N) is 1. The van der Waals surface area contributed by atoms with Gasteiger partial charge in [-0.2, -0.15) is 0 Å². The van der Waals surface area contributed by atoms with E-state index in [1.807, 2.05) is 24.3 Å². The average molecular weight is 302 g/mol. The molecule has 0 bridgehead atoms. The summed E-state index contributed by atoms with van der Waals surface area (Å²) in [5.74, 6) is 0.815. The summed E-state index contributed by atoms with van der Waals surface area (Å²) in [4.78, 5) is 2.32. The highest BCUT2D eigenvalue weighted by Gasteiger charge is 2.12. The summed E-state index contributed by atoms with van der Waals surface area (Å²) in [5.41, 5.74) is 0.906. The maximum absolute atomic E-state index is 10.1. The fourth-order valence-corrected chi connectivity index (χ4v) is 2.14. The van der Waals surface area contributed by atoms with E-state index in [0.717, 1.165) is 43.8 Å². The number of hydrogen-bond acceptors (Lipinski definition) is 3. The van der Waals surface area contributed by atoms with Gasteiger partial charge < -0.3 is 14.7 Å². The Balaban J connectivity index is 0.00000361. The molecule has 1 atom stereocenters. The van der Waals surface area contributed by atoms with Gasteiger partial charge in [0.1, 0.15) is 12.4 Å². The van der Waals surface area contributed by atoms with Crippen LogP contribution in [0.25, 0.3) is 0 Å². The molecule has 4 heteroatoms. The molecule has 1 aromatic carbocycles. The molecule has 0 heterocycles. The van der Waals surface area contributed by atoms with Gasteiger partial charge in [-0.3, -0.25) is 0 Å². The van der Waals surface area contributed by atoms with Crippen molar-refractivity contribution < 1.29 is 9.84 Å². The van der Waals surface area contributed by atoms with Crippen molar-refractivity contribution in [1.29, 1.82) is 0 Å². The first-order chi connectivity index (χ1) is 9.22. The van der Waals surface area contributed by atoms with Crippen molar-refractivity contribution >= 4 is 12.4 Å². The largest absolute Gasteiger partial charge is 0.492 e. The molecule has 116 valence electrons. The van der Waals surface area contributed by atoms with Crippen molar-refractivity contribution in [2.75, 3.05) is 26.2 Å². The van der Waals surface area contributed by atoms with Gasteiger partial charge in [0.25, 0.3) is 0 Å². The molecule has 0 radical (unpaired) electrons. The Labute approximate surface area is 129 Å². The molecule has 1 unspecified atom stereocenters. The first-order valence-corrected chi connectivity index (χ1v) is 7.35. The molecular formula is C16H28ClNO2. The third-order valence-electron chi connectivity index (χ3n) is 3.40. The molecule has 0 spiro atoms. The first kappa shape index (κ1) is 19.2. The van der Waals surface area contributed by atoms with Crippen molar-refractivity contribution in [3.63, 3.8) is 0 Å². The Morgan fingerprint density at radius 2 is 1.80 bits per heavy atom. The lowest BCUT2D eigenvalue weighted by molar-refractivity contribution is 0.157. The molecule has 3 nitrogen and oxygen atoms in total. The van der Waals surface area contributed by atoms with E-state index >= 15 is 0 Å². The molecule has 1 aromatic rings. The number of halogens is 1. The van der Waals surface area contributed by atoms with Crippen LogP contribution in [-0.2, 0) is 0 Å². The van der Waals surface area contributed by atoms with Crippen molar-refractivity contribution in [2.24, 2.45) is 0 Å². The SMILES string of the molecule is CCCC(O)c1ccccc1OCCN(CC)CC.Cl. The summed E-state index contributed by atoms with van der Waals surface area (Å²) in [5, 5.41) is 10.1. The van der Waals surface area contributed by atoms with Gasteiger partial charge in [-0.1, -0.05) is 45.4 Å². The van der Waals surface area contributed by atoms with E-state index in [9.17, 15) is 5.11 Å². The fraction of sp³-hybridized carbons (Fsp3) is 0.625. The predicted molar refractivity (Wildman–Crippen MR) is 86.8 cm³/mol. The molecule has 0 aliphatic heterocycles. The van der Waals surface area contributed by atoms with Gasteiger partial charge in [0.2, 0.25) is 0 Å². The summed E-state index contributed by atoms with van der Waals surface area (Å²) in [6, 6.07) is 7.80. The van der Waals surface area contributed by atoms with Gasteiger partial charge in [-0.05, 0) is 25.6 Å². The molecule has 0 aliphatic carbocycles. The molecule has 0 fully saturated rings. The Kier molecular flexibility index (Phi) is 10.5. The van der Waals surface area contributed by atoms with E-state index in [4.69, 9.17) is 4.74 Å². The Hall–Kier alpha value is -0.770. The van der Waals surface area contributed by atoms with Gasteiger partial charge in [0, 0.05) is 12.1 Å².